The minimum atomic E-state index is 0. The predicted molar refractivity (Wildman–Crippen MR) is 17.9 cm³/mol. The topological polar surface area (TPSA) is 0 Å². The third-order valence-corrected chi connectivity index (χ3v) is 0. The molecule has 0 aromatic carbocycles. The zero-order valence-electron chi connectivity index (χ0n) is 5.16. The summed E-state index contributed by atoms with van der Waals surface area (Å²) in [6.07, 6.45) is 0. The van der Waals surface area contributed by atoms with E-state index in [0.29, 0.717) is 0 Å². The first-order valence-electron chi connectivity index (χ1n) is 0. The molecule has 0 aromatic rings. The van der Waals surface area contributed by atoms with Crippen molar-refractivity contribution in [2.45, 2.75) is 0 Å². The van der Waals surface area contributed by atoms with Gasteiger partial charge in [-0.15, -0.1) is 0 Å². The molecule has 0 unspecified atom stereocenters. The van der Waals surface area contributed by atoms with Crippen LogP contribution < -0.4 is 34.3 Å². The monoisotopic (exact) mass is 441 g/mol. The van der Waals surface area contributed by atoms with Crippen molar-refractivity contribution < 1.29 is 98.9 Å². The van der Waals surface area contributed by atoms with Crippen molar-refractivity contribution in [1.29, 1.82) is 0 Å². The molecule has 0 bridgehead atoms. The van der Waals surface area contributed by atoms with Crippen LogP contribution in [0.25, 0.3) is 0 Å². The average molecular weight is 441 g/mol. The van der Waals surface area contributed by atoms with Gasteiger partial charge < -0.3 is 7.56 Å². The fourth-order valence-electron chi connectivity index (χ4n) is 0. The molecule has 0 heterocycles. The van der Waals surface area contributed by atoms with Crippen LogP contribution in [0.3, 0.4) is 0 Å². The third kappa shape index (κ3) is 22.9. The number of hydrogen-bond acceptors (Lipinski definition) is 0. The Hall–Kier alpha value is 5.11. The molecule has 0 fully saturated rings. The normalized spacial score (nSPS) is 0. The maximum absolute atomic E-state index is 0. The molecule has 0 nitrogen and oxygen atoms in total. The molecule has 0 amide bonds. The van der Waals surface area contributed by atoms with Crippen LogP contribution in [0.5, 0.6) is 0 Å². The van der Waals surface area contributed by atoms with Gasteiger partial charge in [0.2, 0.25) is 0 Å². The summed E-state index contributed by atoms with van der Waals surface area (Å²) in [5, 5.41) is 0. The molecule has 0 aliphatic rings. The first-order valence-corrected chi connectivity index (χ1v) is 0. The van der Waals surface area contributed by atoms with Crippen LogP contribution in [0.4, 0.5) is 0 Å². The van der Waals surface area contributed by atoms with Crippen LogP contribution in [0, 0.1) is 35.6 Å². The molecule has 25 valence electrons. The van der Waals surface area contributed by atoms with Gasteiger partial charge in [-0.2, -0.15) is 0 Å². The molecule has 0 saturated carbocycles. The average Bonchev–Trinajstić information content (AvgIpc) is 0. The molecule has 0 N–H and O–H groups in total. The minimum Gasteiger partial charge on any atom is -1.00 e. The van der Waals surface area contributed by atoms with Crippen LogP contribution in [0.15, 0.2) is 0 Å². The maximum atomic E-state index is 0. The van der Waals surface area contributed by atoms with E-state index in [9.17, 15) is 0 Å². The van der Waals surface area contributed by atoms with E-state index in [2.05, 4.69) is 0 Å². The van der Waals surface area contributed by atoms with Gasteiger partial charge in [0.15, 0.2) is 17.4 Å². The Kier molecular flexibility index (Phi) is 233. The quantitative estimate of drug-likeness (QED) is 0.328. The molecular weight excluding hydrogens is 436 g/mol. The summed E-state index contributed by atoms with van der Waals surface area (Å²) in [4.78, 5) is 0. The van der Waals surface area contributed by atoms with Crippen molar-refractivity contribution in [2.75, 3.05) is 0 Å². The zero-order valence-corrected chi connectivity index (χ0v) is 15.7. The van der Waals surface area contributed by atoms with E-state index in [4.69, 9.17) is 0 Å². The second-order valence-electron chi connectivity index (χ2n) is 0. The van der Waals surface area contributed by atoms with Crippen molar-refractivity contribution >= 4 is 66.2 Å². The Morgan fingerprint density at radius 2 is 1.17 bits per heavy atom. The molecule has 0 aliphatic carbocycles. The molecule has 0 saturated heterocycles. The molecule has 0 aromatic heterocycles. The Morgan fingerprint density at radius 3 is 1.17 bits per heavy atom. The minimum absolute atomic E-state index is 0. The first kappa shape index (κ1) is 43.5. The number of hydrogen-bond donors (Lipinski definition) is 0. The van der Waals surface area contributed by atoms with Crippen molar-refractivity contribution in [2.24, 2.45) is 0 Å². The fourth-order valence-corrected chi connectivity index (χ4v) is 0. The molecule has 6 heavy (non-hydrogen) atoms. The molecule has 1 radical (unpaired) electrons. The second-order valence-corrected chi connectivity index (χ2v) is 0. The summed E-state index contributed by atoms with van der Waals surface area (Å²) in [6.45, 7) is 0. The number of rotatable bonds is 0. The van der Waals surface area contributed by atoms with Crippen molar-refractivity contribution in [3.63, 3.8) is 0 Å². The van der Waals surface area contributed by atoms with Gasteiger partial charge in [0, 0.05) is 61.8 Å². The summed E-state index contributed by atoms with van der Waals surface area (Å²) in [5.41, 5.74) is 0. The van der Waals surface area contributed by atoms with E-state index < -0.39 is 0 Å². The van der Waals surface area contributed by atoms with Gasteiger partial charge >= 0.3 is 78.4 Å². The fraction of sp³-hybridized carbons (Fsp3) is 0. The van der Waals surface area contributed by atoms with Gasteiger partial charge in [0.1, 0.15) is 0 Å². The van der Waals surface area contributed by atoms with E-state index in [1.807, 2.05) is 0 Å². The van der Waals surface area contributed by atoms with Gasteiger partial charge in [-0.3, -0.25) is 0 Å². The summed E-state index contributed by atoms with van der Waals surface area (Å²) in [6, 6.07) is 0. The van der Waals surface area contributed by atoms with Crippen molar-refractivity contribution in [1.82, 2.24) is 0 Å². The van der Waals surface area contributed by atoms with Crippen LogP contribution >= 0.6 is 0 Å². The largest absolute Gasteiger partial charge is 2.00 e. The Morgan fingerprint density at radius 1 is 1.17 bits per heavy atom. The summed E-state index contributed by atoms with van der Waals surface area (Å²) >= 11 is 0. The Labute approximate surface area is 160 Å². The van der Waals surface area contributed by atoms with E-state index in [0.717, 1.165) is 0 Å². The van der Waals surface area contributed by atoms with Crippen LogP contribution in [0.2, 0.25) is 0 Å². The Bertz CT molecular complexity index is 22.0. The zero-order chi connectivity index (χ0) is 0. The molecule has 0 atom stereocenters. The van der Waals surface area contributed by atoms with E-state index in [1.165, 1.54) is 0 Å². The number of halogens is 1. The smallest absolute Gasteiger partial charge is 1.00 e. The SMILES string of the molecule is [AlH3].[Ba+2].[F-].[H-].[H-].[La].[Na+].[Zr]. The molecular formula is H5AlBaFLaNaZr. The van der Waals surface area contributed by atoms with E-state index >= 15 is 0 Å². The van der Waals surface area contributed by atoms with Gasteiger partial charge in [-0.25, -0.2) is 0 Å². The van der Waals surface area contributed by atoms with Gasteiger partial charge in [-0.05, 0) is 0 Å². The van der Waals surface area contributed by atoms with Crippen LogP contribution in [0.1, 0.15) is 2.85 Å². The van der Waals surface area contributed by atoms with Crippen molar-refractivity contribution in [3.8, 4) is 0 Å². The van der Waals surface area contributed by atoms with E-state index in [-0.39, 0.29) is 165 Å². The van der Waals surface area contributed by atoms with Gasteiger partial charge in [0.05, 0.1) is 0 Å². The summed E-state index contributed by atoms with van der Waals surface area (Å²) < 4.78 is 0. The molecule has 6 heteroatoms. The van der Waals surface area contributed by atoms with E-state index in [1.54, 1.807) is 0 Å². The van der Waals surface area contributed by atoms with Gasteiger partial charge in [-0.1, -0.05) is 0 Å². The second kappa shape index (κ2) is 32.1. The summed E-state index contributed by atoms with van der Waals surface area (Å²) in [7, 11) is 0. The third-order valence-electron chi connectivity index (χ3n) is 0. The van der Waals surface area contributed by atoms with Crippen LogP contribution in [-0.2, 0) is 26.2 Å². The molecule has 0 spiro atoms. The standard InChI is InChI=1S/Al.Ba.FH.La.Na.Zr.5H/h;;1H;;;;;;;;/q;+2;;;+1;;;;;2*-1/p-1. The molecule has 0 aliphatic heterocycles. The summed E-state index contributed by atoms with van der Waals surface area (Å²) in [5.74, 6) is 0. The van der Waals surface area contributed by atoms with Crippen LogP contribution in [-0.4, -0.2) is 66.2 Å². The predicted octanol–water partition coefficient (Wildman–Crippen LogP) is -7.33. The van der Waals surface area contributed by atoms with Crippen molar-refractivity contribution in [3.05, 3.63) is 0 Å². The molecule has 0 rings (SSSR count). The Balaban J connectivity index is 0. The first-order chi connectivity index (χ1) is 0. The van der Waals surface area contributed by atoms with Gasteiger partial charge in [0.25, 0.3) is 0 Å². The maximum Gasteiger partial charge on any atom is 2.00 e.